The number of phenols is 1. The molecule has 23 heavy (non-hydrogen) atoms. The molecule has 0 bridgehead atoms. The third-order valence-electron chi connectivity index (χ3n) is 3.80. The maximum atomic E-state index is 12.3. The molecule has 3 rings (SSSR count). The number of hydrogen-bond acceptors (Lipinski definition) is 3. The van der Waals surface area contributed by atoms with E-state index in [2.05, 4.69) is 5.32 Å². The van der Waals surface area contributed by atoms with Crippen molar-refractivity contribution >= 4 is 34.8 Å². The highest BCUT2D eigenvalue weighted by molar-refractivity contribution is 6.33. The van der Waals surface area contributed by atoms with E-state index in [-0.39, 0.29) is 30.5 Å². The fourth-order valence-electron chi connectivity index (χ4n) is 2.60. The molecule has 0 saturated carbocycles. The van der Waals surface area contributed by atoms with Crippen LogP contribution in [0.2, 0.25) is 5.02 Å². The minimum Gasteiger partial charge on any atom is -0.506 e. The lowest BCUT2D eigenvalue weighted by Crippen LogP contribution is -2.28. The van der Waals surface area contributed by atoms with E-state index in [9.17, 15) is 14.7 Å². The number of aromatic hydroxyl groups is 1. The van der Waals surface area contributed by atoms with Crippen molar-refractivity contribution in [1.82, 2.24) is 0 Å². The van der Waals surface area contributed by atoms with E-state index >= 15 is 0 Å². The number of halogens is 1. The largest absolute Gasteiger partial charge is 0.506 e. The van der Waals surface area contributed by atoms with Gasteiger partial charge in [-0.05, 0) is 24.3 Å². The Labute approximate surface area is 138 Å². The molecule has 0 radical (unpaired) electrons. The van der Waals surface area contributed by atoms with Gasteiger partial charge in [-0.15, -0.1) is 0 Å². The third-order valence-corrected chi connectivity index (χ3v) is 4.12. The van der Waals surface area contributed by atoms with E-state index in [1.165, 1.54) is 11.0 Å². The molecule has 2 aromatic rings. The van der Waals surface area contributed by atoms with Crippen molar-refractivity contribution in [3.05, 3.63) is 53.6 Å². The van der Waals surface area contributed by atoms with E-state index in [0.29, 0.717) is 16.4 Å². The van der Waals surface area contributed by atoms with Gasteiger partial charge in [-0.2, -0.15) is 0 Å². The van der Waals surface area contributed by atoms with Gasteiger partial charge in [-0.3, -0.25) is 9.59 Å². The summed E-state index contributed by atoms with van der Waals surface area (Å²) >= 11 is 6.12. The Bertz CT molecular complexity index is 763. The van der Waals surface area contributed by atoms with Crippen LogP contribution in [-0.2, 0) is 9.59 Å². The molecule has 6 heteroatoms. The van der Waals surface area contributed by atoms with E-state index in [0.717, 1.165) is 0 Å². The maximum absolute atomic E-state index is 12.3. The maximum Gasteiger partial charge on any atom is 0.229 e. The predicted octanol–water partition coefficient (Wildman–Crippen LogP) is 3.04. The Morgan fingerprint density at radius 3 is 2.61 bits per heavy atom. The molecule has 118 valence electrons. The first-order valence-corrected chi connectivity index (χ1v) is 7.58. The number of benzene rings is 2. The van der Waals surface area contributed by atoms with Crippen LogP contribution in [0.15, 0.2) is 48.5 Å². The van der Waals surface area contributed by atoms with Crippen LogP contribution in [0.25, 0.3) is 0 Å². The molecule has 1 aliphatic heterocycles. The monoisotopic (exact) mass is 330 g/mol. The van der Waals surface area contributed by atoms with Crippen molar-refractivity contribution in [3.8, 4) is 5.75 Å². The summed E-state index contributed by atoms with van der Waals surface area (Å²) in [5, 5.41) is 12.8. The first-order valence-electron chi connectivity index (χ1n) is 7.20. The van der Waals surface area contributed by atoms with Crippen LogP contribution in [0.3, 0.4) is 0 Å². The number of amides is 2. The van der Waals surface area contributed by atoms with Crippen LogP contribution in [0.4, 0.5) is 11.4 Å². The van der Waals surface area contributed by atoms with Gasteiger partial charge in [0, 0.05) is 13.0 Å². The number of phenolic OH excluding ortho intramolecular Hbond substituents is 1. The van der Waals surface area contributed by atoms with Crippen LogP contribution >= 0.6 is 11.6 Å². The van der Waals surface area contributed by atoms with E-state index < -0.39 is 5.92 Å². The second kappa shape index (κ2) is 6.30. The molecule has 1 aliphatic rings. The normalized spacial score (nSPS) is 17.3. The summed E-state index contributed by atoms with van der Waals surface area (Å²) in [5.74, 6) is -0.934. The quantitative estimate of drug-likeness (QED) is 0.850. The highest BCUT2D eigenvalue weighted by atomic mass is 35.5. The Balaban J connectivity index is 1.74. The second-order valence-electron chi connectivity index (χ2n) is 5.36. The highest BCUT2D eigenvalue weighted by Gasteiger charge is 2.36. The molecule has 0 aromatic heterocycles. The molecule has 1 unspecified atom stereocenters. The van der Waals surface area contributed by atoms with Gasteiger partial charge in [0.05, 0.1) is 22.3 Å². The van der Waals surface area contributed by atoms with Crippen LogP contribution < -0.4 is 10.2 Å². The van der Waals surface area contributed by atoms with Gasteiger partial charge >= 0.3 is 0 Å². The molecule has 1 heterocycles. The summed E-state index contributed by atoms with van der Waals surface area (Å²) in [6, 6.07) is 13.5. The molecule has 0 aliphatic carbocycles. The number of anilines is 2. The predicted molar refractivity (Wildman–Crippen MR) is 88.6 cm³/mol. The lowest BCUT2D eigenvalue weighted by atomic mass is 10.1. The molecular weight excluding hydrogens is 316 g/mol. The van der Waals surface area contributed by atoms with Crippen molar-refractivity contribution in [2.75, 3.05) is 16.8 Å². The minimum absolute atomic E-state index is 0.00636. The lowest BCUT2D eigenvalue weighted by Gasteiger charge is -2.18. The number of nitrogens with one attached hydrogen (secondary N) is 1. The minimum atomic E-state index is -0.488. The zero-order valence-electron chi connectivity index (χ0n) is 12.2. The zero-order chi connectivity index (χ0) is 16.4. The van der Waals surface area contributed by atoms with Gasteiger partial charge in [0.25, 0.3) is 0 Å². The summed E-state index contributed by atoms with van der Waals surface area (Å²) in [4.78, 5) is 26.1. The van der Waals surface area contributed by atoms with Gasteiger partial charge in [-0.25, -0.2) is 0 Å². The SMILES string of the molecule is O=C(Nc1ccccc1O)C1CC(=O)N(c2ccccc2Cl)C1. The number of carbonyl (C=O) groups excluding carboxylic acids is 2. The first kappa shape index (κ1) is 15.4. The zero-order valence-corrected chi connectivity index (χ0v) is 13.0. The Morgan fingerprint density at radius 1 is 1.17 bits per heavy atom. The number of nitrogens with zero attached hydrogens (tertiary/aromatic N) is 1. The highest BCUT2D eigenvalue weighted by Crippen LogP contribution is 2.32. The van der Waals surface area contributed by atoms with Crippen LogP contribution in [-0.4, -0.2) is 23.5 Å². The van der Waals surface area contributed by atoms with Crippen molar-refractivity contribution in [2.45, 2.75) is 6.42 Å². The van der Waals surface area contributed by atoms with Gasteiger partial charge in [-0.1, -0.05) is 35.9 Å². The van der Waals surface area contributed by atoms with E-state index in [4.69, 9.17) is 11.6 Å². The molecule has 0 spiro atoms. The lowest BCUT2D eigenvalue weighted by molar-refractivity contribution is -0.122. The average molecular weight is 331 g/mol. The van der Waals surface area contributed by atoms with E-state index in [1.54, 1.807) is 42.5 Å². The van der Waals surface area contributed by atoms with Crippen molar-refractivity contribution in [1.29, 1.82) is 0 Å². The smallest absolute Gasteiger partial charge is 0.229 e. The van der Waals surface area contributed by atoms with Crippen LogP contribution in [0.5, 0.6) is 5.75 Å². The van der Waals surface area contributed by atoms with Gasteiger partial charge < -0.3 is 15.3 Å². The summed E-state index contributed by atoms with van der Waals surface area (Å²) in [6.45, 7) is 0.266. The molecule has 1 fully saturated rings. The fourth-order valence-corrected chi connectivity index (χ4v) is 2.84. The van der Waals surface area contributed by atoms with Gasteiger partial charge in [0.15, 0.2) is 0 Å². The van der Waals surface area contributed by atoms with Crippen LogP contribution in [0.1, 0.15) is 6.42 Å². The second-order valence-corrected chi connectivity index (χ2v) is 5.77. The van der Waals surface area contributed by atoms with Gasteiger partial charge in [0.2, 0.25) is 11.8 Å². The van der Waals surface area contributed by atoms with Crippen LogP contribution in [0, 0.1) is 5.92 Å². The van der Waals surface area contributed by atoms with Crippen molar-refractivity contribution < 1.29 is 14.7 Å². The molecule has 2 N–H and O–H groups in total. The van der Waals surface area contributed by atoms with E-state index in [1.807, 2.05) is 0 Å². The molecule has 5 nitrogen and oxygen atoms in total. The molecule has 2 aromatic carbocycles. The van der Waals surface area contributed by atoms with Crippen molar-refractivity contribution in [2.24, 2.45) is 5.92 Å². The average Bonchev–Trinajstić information content (AvgIpc) is 2.92. The van der Waals surface area contributed by atoms with Gasteiger partial charge in [0.1, 0.15) is 5.75 Å². The number of carbonyl (C=O) groups is 2. The number of para-hydroxylation sites is 3. The Hall–Kier alpha value is -2.53. The molecule has 2 amide bonds. The molecule has 1 saturated heterocycles. The molecule has 1 atom stereocenters. The Kier molecular flexibility index (Phi) is 4.21. The standard InChI is InChI=1S/C17H15ClN2O3/c18-12-5-1-3-7-14(12)20-10-11(9-16(20)22)17(23)19-13-6-2-4-8-15(13)21/h1-8,11,21H,9-10H2,(H,19,23). The summed E-state index contributed by atoms with van der Waals surface area (Å²) < 4.78 is 0. The first-order chi connectivity index (χ1) is 11.1. The summed E-state index contributed by atoms with van der Waals surface area (Å²) in [7, 11) is 0. The van der Waals surface area contributed by atoms with Crippen molar-refractivity contribution in [3.63, 3.8) is 0 Å². The fraction of sp³-hybridized carbons (Fsp3) is 0.176. The topological polar surface area (TPSA) is 69.6 Å². The summed E-state index contributed by atoms with van der Waals surface area (Å²) in [5.41, 5.74) is 0.943. The number of rotatable bonds is 3. The number of hydrogen-bond donors (Lipinski definition) is 2. The third kappa shape index (κ3) is 3.14. The molecular formula is C17H15ClN2O3. The Morgan fingerprint density at radius 2 is 1.87 bits per heavy atom. The summed E-state index contributed by atoms with van der Waals surface area (Å²) in [6.07, 6.45) is 0.116.